The molecule has 0 aromatic carbocycles. The molecule has 120 valence electrons. The van der Waals surface area contributed by atoms with E-state index in [9.17, 15) is 22.8 Å². The van der Waals surface area contributed by atoms with Gasteiger partial charge in [0, 0.05) is 6.54 Å². The minimum atomic E-state index is -4.72. The fourth-order valence-electron chi connectivity index (χ4n) is 2.62. The van der Waals surface area contributed by atoms with E-state index in [2.05, 4.69) is 10.1 Å². The molecule has 1 heterocycles. The minimum absolute atomic E-state index is 0.120. The van der Waals surface area contributed by atoms with Crippen LogP contribution in [0.2, 0.25) is 0 Å². The van der Waals surface area contributed by atoms with Crippen LogP contribution in [-0.2, 0) is 14.3 Å². The van der Waals surface area contributed by atoms with Gasteiger partial charge in [-0.25, -0.2) is 0 Å². The van der Waals surface area contributed by atoms with Crippen molar-refractivity contribution < 1.29 is 27.5 Å². The van der Waals surface area contributed by atoms with E-state index < -0.39 is 25.1 Å². The second kappa shape index (κ2) is 6.21. The van der Waals surface area contributed by atoms with E-state index in [1.165, 1.54) is 4.90 Å². The molecule has 5 nitrogen and oxygen atoms in total. The number of alkyl halides is 3. The van der Waals surface area contributed by atoms with Crippen molar-refractivity contribution in [2.45, 2.75) is 51.1 Å². The maximum Gasteiger partial charge on any atom is 0.522 e. The first-order valence-corrected chi connectivity index (χ1v) is 7.15. The normalized spacial score (nSPS) is 27.0. The SMILES string of the molecule is CCCC1C(=O)NC(C2CC2)C(=O)N1CCOC(F)(F)F. The Hall–Kier alpha value is -1.31. The Kier molecular flexibility index (Phi) is 4.75. The van der Waals surface area contributed by atoms with Crippen LogP contribution >= 0.6 is 0 Å². The van der Waals surface area contributed by atoms with E-state index in [-0.39, 0.29) is 24.3 Å². The Morgan fingerprint density at radius 3 is 2.52 bits per heavy atom. The summed E-state index contributed by atoms with van der Waals surface area (Å²) in [5.41, 5.74) is 0. The zero-order valence-electron chi connectivity index (χ0n) is 11.8. The van der Waals surface area contributed by atoms with Gasteiger partial charge in [-0.2, -0.15) is 0 Å². The number of carbonyl (C=O) groups excluding carboxylic acids is 2. The predicted octanol–water partition coefficient (Wildman–Crippen LogP) is 1.43. The molecule has 0 spiro atoms. The topological polar surface area (TPSA) is 58.6 Å². The van der Waals surface area contributed by atoms with Gasteiger partial charge in [0.25, 0.3) is 0 Å². The van der Waals surface area contributed by atoms with Crippen molar-refractivity contribution in [3.8, 4) is 0 Å². The fourth-order valence-corrected chi connectivity index (χ4v) is 2.62. The molecule has 0 aromatic heterocycles. The molecule has 2 rings (SSSR count). The third-order valence-electron chi connectivity index (χ3n) is 3.78. The summed E-state index contributed by atoms with van der Waals surface area (Å²) in [6.07, 6.45) is -1.90. The first kappa shape index (κ1) is 16.1. The summed E-state index contributed by atoms with van der Waals surface area (Å²) in [5, 5.41) is 2.71. The Balaban J connectivity index is 2.02. The lowest BCUT2D eigenvalue weighted by atomic mass is 10.0. The van der Waals surface area contributed by atoms with Gasteiger partial charge in [-0.3, -0.25) is 14.3 Å². The van der Waals surface area contributed by atoms with Gasteiger partial charge in [0.1, 0.15) is 12.1 Å². The van der Waals surface area contributed by atoms with Gasteiger partial charge in [0.2, 0.25) is 11.8 Å². The van der Waals surface area contributed by atoms with Gasteiger partial charge < -0.3 is 10.2 Å². The van der Waals surface area contributed by atoms with Crippen LogP contribution < -0.4 is 5.32 Å². The molecular weight excluding hydrogens is 289 g/mol. The number of rotatable bonds is 6. The van der Waals surface area contributed by atoms with Crippen LogP contribution in [-0.4, -0.2) is 48.3 Å². The lowest BCUT2D eigenvalue weighted by Gasteiger charge is -2.39. The highest BCUT2D eigenvalue weighted by Crippen LogP contribution is 2.35. The molecule has 8 heteroatoms. The van der Waals surface area contributed by atoms with E-state index in [1.54, 1.807) is 0 Å². The number of nitrogens with zero attached hydrogens (tertiary/aromatic N) is 1. The van der Waals surface area contributed by atoms with E-state index in [1.807, 2.05) is 6.92 Å². The highest BCUT2D eigenvalue weighted by molar-refractivity contribution is 5.97. The number of piperazine rings is 1. The molecule has 21 heavy (non-hydrogen) atoms. The van der Waals surface area contributed by atoms with E-state index in [0.717, 1.165) is 12.8 Å². The fraction of sp³-hybridized carbons (Fsp3) is 0.846. The number of amides is 2. The number of ether oxygens (including phenoxy) is 1. The Bertz CT molecular complexity index is 410. The summed E-state index contributed by atoms with van der Waals surface area (Å²) in [7, 11) is 0. The summed E-state index contributed by atoms with van der Waals surface area (Å²) in [4.78, 5) is 25.7. The standard InChI is InChI=1S/C13H19F3N2O3/c1-2-3-9-11(19)17-10(8-4-5-8)12(20)18(9)6-7-21-13(14,15)16/h8-10H,2-7H2,1H3,(H,17,19). The maximum absolute atomic E-state index is 12.4. The van der Waals surface area contributed by atoms with Gasteiger partial charge >= 0.3 is 6.36 Å². The monoisotopic (exact) mass is 308 g/mol. The summed E-state index contributed by atoms with van der Waals surface area (Å²) in [5.74, 6) is -0.447. The second-order valence-corrected chi connectivity index (χ2v) is 5.45. The Labute approximate surface area is 120 Å². The van der Waals surface area contributed by atoms with Crippen LogP contribution in [0, 0.1) is 5.92 Å². The highest BCUT2D eigenvalue weighted by Gasteiger charge is 2.46. The van der Waals surface area contributed by atoms with Crippen LogP contribution in [0.5, 0.6) is 0 Å². The molecule has 2 atom stereocenters. The van der Waals surface area contributed by atoms with Gasteiger partial charge in [0.05, 0.1) is 6.61 Å². The number of hydrogen-bond acceptors (Lipinski definition) is 3. The largest absolute Gasteiger partial charge is 0.522 e. The molecule has 1 saturated carbocycles. The molecule has 0 radical (unpaired) electrons. The van der Waals surface area contributed by atoms with Crippen molar-refractivity contribution in [3.63, 3.8) is 0 Å². The zero-order valence-corrected chi connectivity index (χ0v) is 11.8. The average molecular weight is 308 g/mol. The van der Waals surface area contributed by atoms with Crippen LogP contribution in [0.15, 0.2) is 0 Å². The smallest absolute Gasteiger partial charge is 0.342 e. The van der Waals surface area contributed by atoms with E-state index >= 15 is 0 Å². The molecule has 1 aliphatic carbocycles. The van der Waals surface area contributed by atoms with Crippen molar-refractivity contribution in [3.05, 3.63) is 0 Å². The van der Waals surface area contributed by atoms with E-state index in [4.69, 9.17) is 0 Å². The van der Waals surface area contributed by atoms with Gasteiger partial charge in [-0.05, 0) is 25.2 Å². The molecule has 2 unspecified atom stereocenters. The van der Waals surface area contributed by atoms with Crippen LogP contribution in [0.25, 0.3) is 0 Å². The summed E-state index contributed by atoms with van der Waals surface area (Å²) < 4.78 is 39.8. The number of halogens is 3. The molecule has 1 aliphatic heterocycles. The van der Waals surface area contributed by atoms with Crippen molar-refractivity contribution in [2.75, 3.05) is 13.2 Å². The molecule has 1 N–H and O–H groups in total. The summed E-state index contributed by atoms with van der Waals surface area (Å²) in [6, 6.07) is -1.29. The number of nitrogens with one attached hydrogen (secondary N) is 1. The molecular formula is C13H19F3N2O3. The van der Waals surface area contributed by atoms with Gasteiger partial charge in [-0.15, -0.1) is 13.2 Å². The predicted molar refractivity (Wildman–Crippen MR) is 67.1 cm³/mol. The second-order valence-electron chi connectivity index (χ2n) is 5.45. The molecule has 0 aromatic rings. The summed E-state index contributed by atoms with van der Waals surface area (Å²) >= 11 is 0. The van der Waals surface area contributed by atoms with Crippen molar-refractivity contribution in [1.82, 2.24) is 10.2 Å². The van der Waals surface area contributed by atoms with Crippen LogP contribution in [0.3, 0.4) is 0 Å². The molecule has 2 aliphatic rings. The first-order valence-electron chi connectivity index (χ1n) is 7.15. The highest BCUT2D eigenvalue weighted by atomic mass is 19.4. The third kappa shape index (κ3) is 4.09. The molecule has 2 amide bonds. The van der Waals surface area contributed by atoms with Crippen LogP contribution in [0.1, 0.15) is 32.6 Å². The molecule has 1 saturated heterocycles. The minimum Gasteiger partial charge on any atom is -0.342 e. The number of hydrogen-bond donors (Lipinski definition) is 1. The Morgan fingerprint density at radius 2 is 2.00 bits per heavy atom. The van der Waals surface area contributed by atoms with Gasteiger partial charge in [-0.1, -0.05) is 13.3 Å². The zero-order chi connectivity index (χ0) is 15.6. The van der Waals surface area contributed by atoms with Crippen molar-refractivity contribution >= 4 is 11.8 Å². The quantitative estimate of drug-likeness (QED) is 0.807. The van der Waals surface area contributed by atoms with E-state index in [0.29, 0.717) is 12.8 Å². The summed E-state index contributed by atoms with van der Waals surface area (Å²) in [6.45, 7) is 0.981. The lowest BCUT2D eigenvalue weighted by Crippen LogP contribution is -2.64. The maximum atomic E-state index is 12.4. The molecule has 0 bridgehead atoms. The first-order chi connectivity index (χ1) is 9.83. The average Bonchev–Trinajstić information content (AvgIpc) is 3.19. The molecule has 2 fully saturated rings. The van der Waals surface area contributed by atoms with Gasteiger partial charge in [0.15, 0.2) is 0 Å². The van der Waals surface area contributed by atoms with Crippen molar-refractivity contribution in [1.29, 1.82) is 0 Å². The Morgan fingerprint density at radius 1 is 1.33 bits per heavy atom. The van der Waals surface area contributed by atoms with Crippen LogP contribution in [0.4, 0.5) is 13.2 Å². The lowest BCUT2D eigenvalue weighted by molar-refractivity contribution is -0.325. The third-order valence-corrected chi connectivity index (χ3v) is 3.78. The van der Waals surface area contributed by atoms with Crippen molar-refractivity contribution in [2.24, 2.45) is 5.92 Å². The number of carbonyl (C=O) groups is 2.